The molecule has 1 fully saturated rings. The normalized spacial score (nSPS) is 16.7. The summed E-state index contributed by atoms with van der Waals surface area (Å²) in [5.41, 5.74) is 6.23. The maximum absolute atomic E-state index is 5.64. The van der Waals surface area contributed by atoms with Crippen LogP contribution in [0, 0.1) is 5.92 Å². The molecule has 0 aromatic carbocycles. The van der Waals surface area contributed by atoms with Crippen molar-refractivity contribution in [3.63, 3.8) is 0 Å². The SMILES string of the molecule is NC(=S)c1ccnnc1OCC1CCOCC1. The Labute approximate surface area is 105 Å². The lowest BCUT2D eigenvalue weighted by Crippen LogP contribution is -2.22. The quantitative estimate of drug-likeness (QED) is 0.804. The molecule has 1 aromatic rings. The molecule has 1 aliphatic heterocycles. The predicted molar refractivity (Wildman–Crippen MR) is 67.0 cm³/mol. The summed E-state index contributed by atoms with van der Waals surface area (Å²) in [6.07, 6.45) is 3.58. The fourth-order valence-electron chi connectivity index (χ4n) is 1.72. The highest BCUT2D eigenvalue weighted by atomic mass is 32.1. The van der Waals surface area contributed by atoms with Gasteiger partial charge in [0.1, 0.15) is 4.99 Å². The number of ether oxygens (including phenoxy) is 2. The summed E-state index contributed by atoms with van der Waals surface area (Å²) in [7, 11) is 0. The van der Waals surface area contributed by atoms with Crippen LogP contribution in [0.15, 0.2) is 12.3 Å². The van der Waals surface area contributed by atoms with Gasteiger partial charge in [-0.05, 0) is 24.8 Å². The van der Waals surface area contributed by atoms with Gasteiger partial charge in [0, 0.05) is 13.2 Å². The third-order valence-electron chi connectivity index (χ3n) is 2.75. The van der Waals surface area contributed by atoms with Crippen LogP contribution < -0.4 is 10.5 Å². The smallest absolute Gasteiger partial charge is 0.243 e. The largest absolute Gasteiger partial charge is 0.476 e. The van der Waals surface area contributed by atoms with E-state index in [1.165, 1.54) is 0 Å². The molecule has 92 valence electrons. The second-order valence-corrected chi connectivity index (χ2v) is 4.42. The van der Waals surface area contributed by atoms with Gasteiger partial charge in [0.2, 0.25) is 5.88 Å². The topological polar surface area (TPSA) is 70.3 Å². The van der Waals surface area contributed by atoms with E-state index in [1.54, 1.807) is 12.3 Å². The highest BCUT2D eigenvalue weighted by molar-refractivity contribution is 7.80. The molecule has 2 heterocycles. The van der Waals surface area contributed by atoms with E-state index in [-0.39, 0.29) is 4.99 Å². The van der Waals surface area contributed by atoms with E-state index in [0.29, 0.717) is 24.0 Å². The number of nitrogens with two attached hydrogens (primary N) is 1. The van der Waals surface area contributed by atoms with Crippen molar-refractivity contribution in [1.82, 2.24) is 10.2 Å². The minimum Gasteiger partial charge on any atom is -0.476 e. The van der Waals surface area contributed by atoms with Crippen molar-refractivity contribution in [3.8, 4) is 5.88 Å². The molecule has 1 aromatic heterocycles. The first-order valence-electron chi connectivity index (χ1n) is 5.59. The summed E-state index contributed by atoms with van der Waals surface area (Å²) in [6.45, 7) is 2.21. The van der Waals surface area contributed by atoms with Crippen LogP contribution in [-0.4, -0.2) is 35.0 Å². The summed E-state index contributed by atoms with van der Waals surface area (Å²) in [5, 5.41) is 7.69. The molecule has 17 heavy (non-hydrogen) atoms. The summed E-state index contributed by atoms with van der Waals surface area (Å²) < 4.78 is 10.9. The highest BCUT2D eigenvalue weighted by Gasteiger charge is 2.16. The van der Waals surface area contributed by atoms with Crippen molar-refractivity contribution in [2.45, 2.75) is 12.8 Å². The lowest BCUT2D eigenvalue weighted by molar-refractivity contribution is 0.0488. The molecule has 0 saturated carbocycles. The van der Waals surface area contributed by atoms with Gasteiger partial charge in [-0.2, -0.15) is 5.10 Å². The molecule has 0 amide bonds. The molecular weight excluding hydrogens is 238 g/mol. The third kappa shape index (κ3) is 3.34. The van der Waals surface area contributed by atoms with Crippen molar-refractivity contribution in [3.05, 3.63) is 17.8 Å². The summed E-state index contributed by atoms with van der Waals surface area (Å²) in [6, 6.07) is 1.72. The second-order valence-electron chi connectivity index (χ2n) is 3.98. The van der Waals surface area contributed by atoms with Crippen LogP contribution in [0.25, 0.3) is 0 Å². The van der Waals surface area contributed by atoms with Gasteiger partial charge in [0.15, 0.2) is 0 Å². The number of hydrogen-bond acceptors (Lipinski definition) is 5. The van der Waals surface area contributed by atoms with E-state index >= 15 is 0 Å². The highest BCUT2D eigenvalue weighted by Crippen LogP contribution is 2.18. The molecule has 2 rings (SSSR count). The van der Waals surface area contributed by atoms with Crippen LogP contribution in [-0.2, 0) is 4.74 Å². The zero-order chi connectivity index (χ0) is 12.1. The predicted octanol–water partition coefficient (Wildman–Crippen LogP) is 0.916. The van der Waals surface area contributed by atoms with Crippen LogP contribution in [0.5, 0.6) is 5.88 Å². The van der Waals surface area contributed by atoms with Gasteiger partial charge in [0.25, 0.3) is 0 Å². The molecule has 0 bridgehead atoms. The van der Waals surface area contributed by atoms with E-state index in [0.717, 1.165) is 26.1 Å². The first-order valence-corrected chi connectivity index (χ1v) is 6.00. The first kappa shape index (κ1) is 12.2. The van der Waals surface area contributed by atoms with Gasteiger partial charge < -0.3 is 15.2 Å². The van der Waals surface area contributed by atoms with Gasteiger partial charge in [-0.3, -0.25) is 0 Å². The van der Waals surface area contributed by atoms with Gasteiger partial charge in [-0.25, -0.2) is 0 Å². The zero-order valence-electron chi connectivity index (χ0n) is 9.46. The van der Waals surface area contributed by atoms with Crippen LogP contribution in [0.2, 0.25) is 0 Å². The van der Waals surface area contributed by atoms with Crippen molar-refractivity contribution in [1.29, 1.82) is 0 Å². The Hall–Kier alpha value is -1.27. The van der Waals surface area contributed by atoms with Gasteiger partial charge in [0.05, 0.1) is 18.4 Å². The number of aromatic nitrogens is 2. The lowest BCUT2D eigenvalue weighted by atomic mass is 10.0. The Morgan fingerprint density at radius 1 is 1.53 bits per heavy atom. The monoisotopic (exact) mass is 253 g/mol. The average molecular weight is 253 g/mol. The van der Waals surface area contributed by atoms with E-state index in [2.05, 4.69) is 10.2 Å². The maximum Gasteiger partial charge on any atom is 0.243 e. The minimum absolute atomic E-state index is 0.280. The molecule has 1 saturated heterocycles. The molecule has 2 N–H and O–H groups in total. The van der Waals surface area contributed by atoms with Crippen molar-refractivity contribution < 1.29 is 9.47 Å². The summed E-state index contributed by atoms with van der Waals surface area (Å²) in [5.74, 6) is 0.927. The van der Waals surface area contributed by atoms with Crippen molar-refractivity contribution >= 4 is 17.2 Å². The fourth-order valence-corrected chi connectivity index (χ4v) is 1.88. The Kier molecular flexibility index (Phi) is 4.22. The minimum atomic E-state index is 0.280. The molecule has 1 aliphatic rings. The number of hydrogen-bond donors (Lipinski definition) is 1. The maximum atomic E-state index is 5.64. The molecule has 0 radical (unpaired) electrons. The van der Waals surface area contributed by atoms with E-state index in [4.69, 9.17) is 27.4 Å². The third-order valence-corrected chi connectivity index (χ3v) is 2.97. The van der Waals surface area contributed by atoms with E-state index in [9.17, 15) is 0 Å². The molecule has 5 nitrogen and oxygen atoms in total. The molecule has 0 unspecified atom stereocenters. The molecular formula is C11H15N3O2S. The fraction of sp³-hybridized carbons (Fsp3) is 0.545. The van der Waals surface area contributed by atoms with Crippen molar-refractivity contribution in [2.24, 2.45) is 11.7 Å². The molecule has 0 spiro atoms. The van der Waals surface area contributed by atoms with Gasteiger partial charge >= 0.3 is 0 Å². The first-order chi connectivity index (χ1) is 8.27. The van der Waals surface area contributed by atoms with Gasteiger partial charge in [-0.1, -0.05) is 12.2 Å². The number of rotatable bonds is 4. The van der Waals surface area contributed by atoms with Crippen molar-refractivity contribution in [2.75, 3.05) is 19.8 Å². The zero-order valence-corrected chi connectivity index (χ0v) is 10.3. The van der Waals surface area contributed by atoms with E-state index in [1.807, 2.05) is 0 Å². The van der Waals surface area contributed by atoms with E-state index < -0.39 is 0 Å². The lowest BCUT2D eigenvalue weighted by Gasteiger charge is -2.22. The summed E-state index contributed by atoms with van der Waals surface area (Å²) in [4.78, 5) is 0.280. The van der Waals surface area contributed by atoms with Crippen LogP contribution in [0.3, 0.4) is 0 Å². The Morgan fingerprint density at radius 2 is 2.29 bits per heavy atom. The molecule has 0 aliphatic carbocycles. The molecule has 6 heteroatoms. The van der Waals surface area contributed by atoms with Crippen LogP contribution >= 0.6 is 12.2 Å². The Balaban J connectivity index is 1.96. The Morgan fingerprint density at radius 3 is 3.00 bits per heavy atom. The van der Waals surface area contributed by atoms with Gasteiger partial charge in [-0.15, -0.1) is 5.10 Å². The Bertz CT molecular complexity index is 394. The molecule has 0 atom stereocenters. The van der Waals surface area contributed by atoms with Crippen LogP contribution in [0.1, 0.15) is 18.4 Å². The number of nitrogens with zero attached hydrogens (tertiary/aromatic N) is 2. The second kappa shape index (κ2) is 5.88. The summed E-state index contributed by atoms with van der Waals surface area (Å²) >= 11 is 4.93. The standard InChI is InChI=1S/C11H15N3O2S/c12-10(17)9-1-4-13-14-11(9)16-7-8-2-5-15-6-3-8/h1,4,8H,2-3,5-7H2,(H2,12,17). The number of thiocarbonyl (C=S) groups is 1. The van der Waals surface area contributed by atoms with Crippen LogP contribution in [0.4, 0.5) is 0 Å². The average Bonchev–Trinajstić information content (AvgIpc) is 2.38.